The average Bonchev–Trinajstić information content (AvgIpc) is 2.87. The van der Waals surface area contributed by atoms with Crippen molar-refractivity contribution < 1.29 is 15.0 Å². The van der Waals surface area contributed by atoms with E-state index < -0.39 is 12.0 Å². The number of Topliss-reactive ketones (excluding diaryl/α,β-unsaturated/α-hetero) is 1. The first-order valence-electron chi connectivity index (χ1n) is 8.87. The molecule has 0 radical (unpaired) electrons. The number of aliphatic hydroxyl groups excluding tert-OH is 2. The predicted octanol–water partition coefficient (Wildman–Crippen LogP) is 3.84. The van der Waals surface area contributed by atoms with E-state index in [1.54, 1.807) is 11.8 Å². The van der Waals surface area contributed by atoms with Crippen molar-refractivity contribution in [1.29, 1.82) is 0 Å². The van der Waals surface area contributed by atoms with Crippen LogP contribution in [-0.4, -0.2) is 34.0 Å². The van der Waals surface area contributed by atoms with Crippen LogP contribution in [0.2, 0.25) is 0 Å². The number of aliphatic hydroxyl groups is 2. The Morgan fingerprint density at radius 1 is 1.29 bits per heavy atom. The van der Waals surface area contributed by atoms with Crippen LogP contribution in [-0.2, 0) is 4.79 Å². The molecule has 1 aromatic rings. The zero-order valence-electron chi connectivity index (χ0n) is 14.3. The molecule has 4 heteroatoms. The average molecular weight is 349 g/mol. The highest BCUT2D eigenvalue weighted by molar-refractivity contribution is 8.00. The Bertz CT molecular complexity index is 529. The summed E-state index contributed by atoms with van der Waals surface area (Å²) in [5.74, 6) is -0.704. The lowest BCUT2D eigenvalue weighted by Gasteiger charge is -2.26. The Hall–Kier alpha value is -1.10. The predicted molar refractivity (Wildman–Crippen MR) is 99.1 cm³/mol. The van der Waals surface area contributed by atoms with Crippen molar-refractivity contribution in [2.75, 3.05) is 6.61 Å². The van der Waals surface area contributed by atoms with Gasteiger partial charge in [-0.2, -0.15) is 0 Å². The van der Waals surface area contributed by atoms with Gasteiger partial charge in [0, 0.05) is 28.4 Å². The van der Waals surface area contributed by atoms with Crippen molar-refractivity contribution in [3.63, 3.8) is 0 Å². The van der Waals surface area contributed by atoms with Crippen molar-refractivity contribution in [2.24, 2.45) is 11.8 Å². The number of hydrogen-bond acceptors (Lipinski definition) is 4. The number of thioether (sulfide) groups is 1. The van der Waals surface area contributed by atoms with Crippen LogP contribution in [0.4, 0.5) is 0 Å². The number of rotatable bonds is 9. The fourth-order valence-electron chi connectivity index (χ4n) is 3.29. The molecule has 1 aliphatic carbocycles. The molecule has 1 aromatic carbocycles. The Morgan fingerprint density at radius 3 is 2.71 bits per heavy atom. The molecule has 2 N–H and O–H groups in total. The van der Waals surface area contributed by atoms with E-state index in [-0.39, 0.29) is 30.0 Å². The third-order valence-corrected chi connectivity index (χ3v) is 5.91. The molecule has 0 heterocycles. The molecule has 2 rings (SSSR count). The number of allylic oxidation sites excluding steroid dienone is 1. The highest BCUT2D eigenvalue weighted by Gasteiger charge is 2.44. The van der Waals surface area contributed by atoms with Crippen LogP contribution in [0, 0.1) is 11.8 Å². The van der Waals surface area contributed by atoms with Crippen LogP contribution in [0.15, 0.2) is 47.4 Å². The SMILES string of the molecule is CCCCC/C=C/C(Sc1ccccc1)C1C(O)CC(=O)C1CO. The third-order valence-electron chi connectivity index (χ3n) is 4.62. The summed E-state index contributed by atoms with van der Waals surface area (Å²) in [6.07, 6.45) is 8.36. The maximum absolute atomic E-state index is 12.0. The van der Waals surface area contributed by atoms with Gasteiger partial charge in [-0.3, -0.25) is 4.79 Å². The van der Waals surface area contributed by atoms with Gasteiger partial charge in [0.25, 0.3) is 0 Å². The number of benzene rings is 1. The summed E-state index contributed by atoms with van der Waals surface area (Å²) >= 11 is 1.66. The van der Waals surface area contributed by atoms with Crippen molar-refractivity contribution in [3.05, 3.63) is 42.5 Å². The van der Waals surface area contributed by atoms with E-state index in [9.17, 15) is 15.0 Å². The molecule has 0 saturated heterocycles. The van der Waals surface area contributed by atoms with Gasteiger partial charge in [0.2, 0.25) is 0 Å². The van der Waals surface area contributed by atoms with E-state index in [4.69, 9.17) is 0 Å². The van der Waals surface area contributed by atoms with E-state index in [0.29, 0.717) is 0 Å². The Morgan fingerprint density at radius 2 is 2.04 bits per heavy atom. The van der Waals surface area contributed by atoms with Gasteiger partial charge < -0.3 is 10.2 Å². The minimum Gasteiger partial charge on any atom is -0.396 e. The fraction of sp³-hybridized carbons (Fsp3) is 0.550. The number of unbranched alkanes of at least 4 members (excludes halogenated alkanes) is 3. The molecule has 3 nitrogen and oxygen atoms in total. The number of hydrogen-bond donors (Lipinski definition) is 2. The molecule has 0 amide bonds. The molecule has 132 valence electrons. The van der Waals surface area contributed by atoms with Gasteiger partial charge in [-0.15, -0.1) is 11.8 Å². The van der Waals surface area contributed by atoms with Crippen LogP contribution >= 0.6 is 11.8 Å². The molecule has 1 aliphatic rings. The molecular weight excluding hydrogens is 320 g/mol. The maximum Gasteiger partial charge on any atom is 0.141 e. The molecule has 4 unspecified atom stereocenters. The summed E-state index contributed by atoms with van der Waals surface area (Å²) in [7, 11) is 0. The lowest BCUT2D eigenvalue weighted by Crippen LogP contribution is -2.31. The van der Waals surface area contributed by atoms with Gasteiger partial charge in [0.1, 0.15) is 5.78 Å². The van der Waals surface area contributed by atoms with Gasteiger partial charge in [-0.1, -0.05) is 50.1 Å². The number of carbonyl (C=O) groups excluding carboxylic acids is 1. The zero-order valence-corrected chi connectivity index (χ0v) is 15.1. The summed E-state index contributed by atoms with van der Waals surface area (Å²) in [5.41, 5.74) is 0. The molecule has 1 saturated carbocycles. The lowest BCUT2D eigenvalue weighted by atomic mass is 9.91. The lowest BCUT2D eigenvalue weighted by molar-refractivity contribution is -0.122. The van der Waals surface area contributed by atoms with Crippen LogP contribution < -0.4 is 0 Å². The summed E-state index contributed by atoms with van der Waals surface area (Å²) in [6.45, 7) is 2.00. The Balaban J connectivity index is 2.13. The van der Waals surface area contributed by atoms with Crippen LogP contribution in [0.3, 0.4) is 0 Å². The van der Waals surface area contributed by atoms with E-state index in [1.165, 1.54) is 12.8 Å². The largest absolute Gasteiger partial charge is 0.396 e. The van der Waals surface area contributed by atoms with Crippen LogP contribution in [0.25, 0.3) is 0 Å². The highest BCUT2D eigenvalue weighted by Crippen LogP contribution is 2.40. The molecule has 0 bridgehead atoms. The van der Waals surface area contributed by atoms with Crippen LogP contribution in [0.1, 0.15) is 39.0 Å². The minimum atomic E-state index is -0.670. The van der Waals surface area contributed by atoms with Gasteiger partial charge in [0.15, 0.2) is 0 Å². The quantitative estimate of drug-likeness (QED) is 0.404. The van der Waals surface area contributed by atoms with Crippen molar-refractivity contribution in [2.45, 2.75) is 55.3 Å². The molecule has 24 heavy (non-hydrogen) atoms. The second-order valence-electron chi connectivity index (χ2n) is 6.42. The molecule has 1 fully saturated rings. The second-order valence-corrected chi connectivity index (χ2v) is 7.68. The monoisotopic (exact) mass is 348 g/mol. The number of ketones is 1. The summed E-state index contributed by atoms with van der Waals surface area (Å²) < 4.78 is 0. The van der Waals surface area contributed by atoms with Gasteiger partial charge in [-0.05, 0) is 25.0 Å². The van der Waals surface area contributed by atoms with Crippen molar-refractivity contribution >= 4 is 17.5 Å². The smallest absolute Gasteiger partial charge is 0.141 e. The highest BCUT2D eigenvalue weighted by atomic mass is 32.2. The fourth-order valence-corrected chi connectivity index (χ4v) is 4.64. The normalized spacial score (nSPS) is 25.5. The molecule has 0 aromatic heterocycles. The molecule has 0 aliphatic heterocycles. The minimum absolute atomic E-state index is 0.00683. The summed E-state index contributed by atoms with van der Waals surface area (Å²) in [4.78, 5) is 13.2. The molecule has 4 atom stereocenters. The van der Waals surface area contributed by atoms with E-state index >= 15 is 0 Å². The standard InChI is InChI=1S/C20H28O3S/c1-2-3-4-5-9-12-19(24-15-10-7-6-8-11-15)20-16(14-21)17(22)13-18(20)23/h6-12,16,18-21,23H,2-5,13-14H2,1H3/b12-9+. The first-order valence-corrected chi connectivity index (χ1v) is 9.75. The summed E-state index contributed by atoms with van der Waals surface area (Å²) in [6, 6.07) is 10.0. The first-order chi connectivity index (χ1) is 11.7. The topological polar surface area (TPSA) is 57.5 Å². The van der Waals surface area contributed by atoms with E-state index in [2.05, 4.69) is 19.1 Å². The van der Waals surface area contributed by atoms with Crippen molar-refractivity contribution in [3.8, 4) is 0 Å². The van der Waals surface area contributed by atoms with Crippen LogP contribution in [0.5, 0.6) is 0 Å². The molecular formula is C20H28O3S. The van der Waals surface area contributed by atoms with Gasteiger partial charge >= 0.3 is 0 Å². The zero-order chi connectivity index (χ0) is 17.4. The molecule has 0 spiro atoms. The second kappa shape index (κ2) is 10.0. The van der Waals surface area contributed by atoms with Gasteiger partial charge in [-0.25, -0.2) is 0 Å². The van der Waals surface area contributed by atoms with Crippen molar-refractivity contribution in [1.82, 2.24) is 0 Å². The Kier molecular flexibility index (Phi) is 8.03. The Labute approximate surface area is 149 Å². The maximum atomic E-state index is 12.0. The van der Waals surface area contributed by atoms with Gasteiger partial charge in [0.05, 0.1) is 12.7 Å². The summed E-state index contributed by atoms with van der Waals surface area (Å²) in [5, 5.41) is 20.0. The first kappa shape index (κ1) is 19.2. The van der Waals surface area contributed by atoms with E-state index in [1.807, 2.05) is 30.3 Å². The third kappa shape index (κ3) is 5.20. The van der Waals surface area contributed by atoms with E-state index in [0.717, 1.165) is 17.7 Å². The number of carbonyl (C=O) groups is 1.